The SMILES string of the molecule is CNC(=O)C(Cc1ccccc1)N(Cc1ccccc1Cl)C(=O)CCCN1C(=O)c2ccccc2C1=O. The topological polar surface area (TPSA) is 86.8 Å². The Morgan fingerprint density at radius 1 is 0.892 bits per heavy atom. The number of amides is 4. The van der Waals surface area contributed by atoms with Crippen molar-refractivity contribution in [3.05, 3.63) is 106 Å². The lowest BCUT2D eigenvalue weighted by atomic mass is 10.0. The van der Waals surface area contributed by atoms with E-state index in [2.05, 4.69) is 5.32 Å². The Bertz CT molecular complexity index is 1280. The van der Waals surface area contributed by atoms with Crippen LogP contribution in [0.25, 0.3) is 0 Å². The molecule has 0 radical (unpaired) electrons. The molecule has 0 saturated heterocycles. The van der Waals surface area contributed by atoms with Crippen LogP contribution in [0.5, 0.6) is 0 Å². The fourth-order valence-electron chi connectivity index (χ4n) is 4.50. The maximum atomic E-state index is 13.6. The number of halogens is 1. The molecule has 0 aromatic heterocycles. The molecular weight excluding hydrogens is 490 g/mol. The smallest absolute Gasteiger partial charge is 0.261 e. The monoisotopic (exact) mass is 517 g/mol. The Hall–Kier alpha value is -3.97. The van der Waals surface area contributed by atoms with Gasteiger partial charge < -0.3 is 10.2 Å². The van der Waals surface area contributed by atoms with Crippen molar-refractivity contribution in [3.63, 3.8) is 0 Å². The molecule has 1 unspecified atom stereocenters. The van der Waals surface area contributed by atoms with E-state index < -0.39 is 6.04 Å². The molecule has 0 saturated carbocycles. The van der Waals surface area contributed by atoms with Gasteiger partial charge in [0, 0.05) is 38.0 Å². The normalized spacial score (nSPS) is 13.3. The predicted molar refractivity (Wildman–Crippen MR) is 141 cm³/mol. The summed E-state index contributed by atoms with van der Waals surface area (Å²) in [6, 6.07) is 22.6. The lowest BCUT2D eigenvalue weighted by molar-refractivity contribution is -0.141. The van der Waals surface area contributed by atoms with Crippen LogP contribution < -0.4 is 5.32 Å². The first-order chi connectivity index (χ1) is 17.9. The maximum absolute atomic E-state index is 13.6. The van der Waals surface area contributed by atoms with Gasteiger partial charge in [0.2, 0.25) is 11.8 Å². The zero-order valence-electron chi connectivity index (χ0n) is 20.5. The summed E-state index contributed by atoms with van der Waals surface area (Å²) < 4.78 is 0. The number of hydrogen-bond donors (Lipinski definition) is 1. The van der Waals surface area contributed by atoms with E-state index in [-0.39, 0.29) is 49.6 Å². The Morgan fingerprint density at radius 2 is 1.49 bits per heavy atom. The molecule has 1 atom stereocenters. The van der Waals surface area contributed by atoms with Crippen LogP contribution in [0.15, 0.2) is 78.9 Å². The minimum Gasteiger partial charge on any atom is -0.357 e. The van der Waals surface area contributed by atoms with Gasteiger partial charge in [-0.1, -0.05) is 72.3 Å². The molecule has 0 aliphatic carbocycles. The molecule has 0 bridgehead atoms. The van der Waals surface area contributed by atoms with Gasteiger partial charge in [-0.2, -0.15) is 0 Å². The average molecular weight is 518 g/mol. The Balaban J connectivity index is 1.52. The van der Waals surface area contributed by atoms with Crippen LogP contribution in [0.2, 0.25) is 5.02 Å². The molecule has 0 spiro atoms. The van der Waals surface area contributed by atoms with Crippen molar-refractivity contribution in [2.75, 3.05) is 13.6 Å². The standard InChI is InChI=1S/C29H28ClN3O4/c1-31-27(35)25(18-20-10-3-2-4-11-20)33(19-21-12-5-8-15-24(21)30)26(34)16-9-17-32-28(36)22-13-6-7-14-23(22)29(32)37/h2-8,10-15,25H,9,16-19H2,1H3,(H,31,35). The third kappa shape index (κ3) is 5.89. The number of benzene rings is 3. The van der Waals surface area contributed by atoms with Crippen LogP contribution in [-0.4, -0.2) is 53.1 Å². The Morgan fingerprint density at radius 3 is 2.11 bits per heavy atom. The third-order valence-corrected chi connectivity index (χ3v) is 6.84. The van der Waals surface area contributed by atoms with Crippen LogP contribution >= 0.6 is 11.6 Å². The highest BCUT2D eigenvalue weighted by molar-refractivity contribution is 6.31. The number of hydrogen-bond acceptors (Lipinski definition) is 4. The summed E-state index contributed by atoms with van der Waals surface area (Å²) in [6.07, 6.45) is 0.657. The molecule has 4 rings (SSSR count). The van der Waals surface area contributed by atoms with Gasteiger partial charge >= 0.3 is 0 Å². The quantitative estimate of drug-likeness (QED) is 0.410. The largest absolute Gasteiger partial charge is 0.357 e. The van der Waals surface area contributed by atoms with Gasteiger partial charge in [0.1, 0.15) is 6.04 Å². The van der Waals surface area contributed by atoms with E-state index in [9.17, 15) is 19.2 Å². The van der Waals surface area contributed by atoms with E-state index in [0.717, 1.165) is 11.1 Å². The lowest BCUT2D eigenvalue weighted by Crippen LogP contribution is -2.49. The summed E-state index contributed by atoms with van der Waals surface area (Å²) in [4.78, 5) is 54.6. The van der Waals surface area contributed by atoms with Crippen molar-refractivity contribution >= 4 is 35.2 Å². The van der Waals surface area contributed by atoms with Crippen LogP contribution in [0, 0.1) is 0 Å². The lowest BCUT2D eigenvalue weighted by Gasteiger charge is -2.31. The number of fused-ring (bicyclic) bond motifs is 1. The summed E-state index contributed by atoms with van der Waals surface area (Å²) in [7, 11) is 1.54. The minimum absolute atomic E-state index is 0.0557. The first-order valence-corrected chi connectivity index (χ1v) is 12.5. The van der Waals surface area contributed by atoms with Crippen molar-refractivity contribution in [1.82, 2.24) is 15.1 Å². The molecule has 37 heavy (non-hydrogen) atoms. The Kier molecular flexibility index (Phi) is 8.36. The van der Waals surface area contributed by atoms with Gasteiger partial charge in [0.15, 0.2) is 0 Å². The second kappa shape index (κ2) is 11.8. The van der Waals surface area contributed by atoms with E-state index in [1.165, 1.54) is 9.80 Å². The molecule has 1 N–H and O–H groups in total. The number of carbonyl (C=O) groups is 4. The average Bonchev–Trinajstić information content (AvgIpc) is 3.16. The van der Waals surface area contributed by atoms with Crippen molar-refractivity contribution in [2.24, 2.45) is 0 Å². The van der Waals surface area contributed by atoms with Crippen LogP contribution in [0.3, 0.4) is 0 Å². The summed E-state index contributed by atoms with van der Waals surface area (Å²) in [6.45, 7) is 0.262. The Labute approximate surface area is 221 Å². The third-order valence-electron chi connectivity index (χ3n) is 6.47. The highest BCUT2D eigenvalue weighted by Crippen LogP contribution is 2.24. The fourth-order valence-corrected chi connectivity index (χ4v) is 4.70. The first kappa shape index (κ1) is 26.1. The van der Waals surface area contributed by atoms with Gasteiger partial charge in [0.05, 0.1) is 11.1 Å². The molecule has 8 heteroatoms. The predicted octanol–water partition coefficient (Wildman–Crippen LogP) is 4.10. The van der Waals surface area contributed by atoms with E-state index in [1.54, 1.807) is 43.4 Å². The number of nitrogens with one attached hydrogen (secondary N) is 1. The van der Waals surface area contributed by atoms with Crippen LogP contribution in [0.4, 0.5) is 0 Å². The molecule has 4 amide bonds. The van der Waals surface area contributed by atoms with E-state index in [4.69, 9.17) is 11.6 Å². The van der Waals surface area contributed by atoms with Gasteiger partial charge in [-0.05, 0) is 35.7 Å². The second-order valence-electron chi connectivity index (χ2n) is 8.84. The van der Waals surface area contributed by atoms with Gasteiger partial charge in [0.25, 0.3) is 11.8 Å². The molecule has 3 aromatic carbocycles. The van der Waals surface area contributed by atoms with Crippen molar-refractivity contribution in [1.29, 1.82) is 0 Å². The number of imide groups is 1. The summed E-state index contributed by atoms with van der Waals surface area (Å²) >= 11 is 6.40. The van der Waals surface area contributed by atoms with E-state index >= 15 is 0 Å². The number of rotatable bonds is 10. The van der Waals surface area contributed by atoms with Crippen molar-refractivity contribution < 1.29 is 19.2 Å². The van der Waals surface area contributed by atoms with E-state index in [1.807, 2.05) is 42.5 Å². The van der Waals surface area contributed by atoms with Gasteiger partial charge in [-0.25, -0.2) is 0 Å². The molecule has 1 heterocycles. The molecule has 190 valence electrons. The fraction of sp³-hybridized carbons (Fsp3) is 0.241. The second-order valence-corrected chi connectivity index (χ2v) is 9.25. The van der Waals surface area contributed by atoms with Crippen LogP contribution in [0.1, 0.15) is 44.7 Å². The number of carbonyl (C=O) groups excluding carboxylic acids is 4. The highest BCUT2D eigenvalue weighted by Gasteiger charge is 2.35. The number of likely N-dealkylation sites (N-methyl/N-ethyl adjacent to an activating group) is 1. The number of nitrogens with zero attached hydrogens (tertiary/aromatic N) is 2. The summed E-state index contributed by atoms with van der Waals surface area (Å²) in [5.41, 5.74) is 2.39. The highest BCUT2D eigenvalue weighted by atomic mass is 35.5. The molecule has 7 nitrogen and oxygen atoms in total. The molecule has 1 aliphatic heterocycles. The van der Waals surface area contributed by atoms with Gasteiger partial charge in [-0.15, -0.1) is 0 Å². The van der Waals surface area contributed by atoms with E-state index in [0.29, 0.717) is 22.6 Å². The zero-order chi connectivity index (χ0) is 26.4. The van der Waals surface area contributed by atoms with Gasteiger partial charge in [-0.3, -0.25) is 24.1 Å². The molecule has 1 aliphatic rings. The minimum atomic E-state index is -0.768. The van der Waals surface area contributed by atoms with Crippen molar-refractivity contribution in [3.8, 4) is 0 Å². The zero-order valence-corrected chi connectivity index (χ0v) is 21.3. The maximum Gasteiger partial charge on any atom is 0.261 e. The molecular formula is C29H28ClN3O4. The van der Waals surface area contributed by atoms with Crippen LogP contribution in [-0.2, 0) is 22.6 Å². The first-order valence-electron chi connectivity index (χ1n) is 12.1. The van der Waals surface area contributed by atoms with Crippen molar-refractivity contribution in [2.45, 2.75) is 31.8 Å². The summed E-state index contributed by atoms with van der Waals surface area (Å²) in [5.74, 6) is -1.26. The molecule has 0 fully saturated rings. The summed E-state index contributed by atoms with van der Waals surface area (Å²) in [5, 5.41) is 3.18. The molecule has 3 aromatic rings.